The van der Waals surface area contributed by atoms with Crippen LogP contribution in [0.25, 0.3) is 0 Å². The van der Waals surface area contributed by atoms with Crippen molar-refractivity contribution < 1.29 is 8.78 Å². The van der Waals surface area contributed by atoms with E-state index in [1.807, 2.05) is 11.4 Å². The van der Waals surface area contributed by atoms with Gasteiger partial charge in [0.2, 0.25) is 0 Å². The van der Waals surface area contributed by atoms with Crippen molar-refractivity contribution in [2.75, 3.05) is 5.32 Å². The van der Waals surface area contributed by atoms with Gasteiger partial charge in [-0.25, -0.2) is 8.78 Å². The first-order chi connectivity index (χ1) is 7.66. The first-order valence-corrected chi connectivity index (χ1v) is 6.25. The maximum atomic E-state index is 13.3. The first kappa shape index (κ1) is 11.5. The van der Waals surface area contributed by atoms with Crippen molar-refractivity contribution in [3.63, 3.8) is 0 Å². The summed E-state index contributed by atoms with van der Waals surface area (Å²) < 4.78 is 26.9. The van der Waals surface area contributed by atoms with Crippen LogP contribution in [0.5, 0.6) is 0 Å². The van der Waals surface area contributed by atoms with E-state index in [1.165, 1.54) is 12.1 Å². The maximum absolute atomic E-state index is 13.3. The van der Waals surface area contributed by atoms with E-state index in [0.717, 1.165) is 15.4 Å². The summed E-state index contributed by atoms with van der Waals surface area (Å²) in [6, 6.07) is 5.43. The number of hydrogen-bond acceptors (Lipinski definition) is 2. The van der Waals surface area contributed by atoms with Crippen LogP contribution >= 0.6 is 27.3 Å². The Hall–Kier alpha value is -0.940. The quantitative estimate of drug-likeness (QED) is 0.886. The van der Waals surface area contributed by atoms with Crippen LogP contribution in [0.15, 0.2) is 34.1 Å². The molecule has 1 N–H and O–H groups in total. The fourth-order valence-corrected chi connectivity index (χ4v) is 2.69. The summed E-state index contributed by atoms with van der Waals surface area (Å²) in [6.07, 6.45) is 0. The molecule has 0 aliphatic heterocycles. The monoisotopic (exact) mass is 303 g/mol. The number of nitrogens with one attached hydrogen (secondary N) is 1. The average molecular weight is 304 g/mol. The molecule has 5 heteroatoms. The van der Waals surface area contributed by atoms with E-state index in [4.69, 9.17) is 0 Å². The van der Waals surface area contributed by atoms with Gasteiger partial charge in [0.25, 0.3) is 0 Å². The lowest BCUT2D eigenvalue weighted by Gasteiger charge is -2.06. The molecule has 0 fully saturated rings. The van der Waals surface area contributed by atoms with Gasteiger partial charge in [-0.3, -0.25) is 0 Å². The second-order valence-electron chi connectivity index (χ2n) is 3.17. The Morgan fingerprint density at radius 1 is 1.25 bits per heavy atom. The second-order valence-corrected chi connectivity index (χ2v) is 5.02. The van der Waals surface area contributed by atoms with E-state index in [9.17, 15) is 8.78 Å². The Balaban J connectivity index is 2.08. The van der Waals surface area contributed by atoms with Crippen molar-refractivity contribution in [1.82, 2.24) is 0 Å². The first-order valence-electron chi connectivity index (χ1n) is 4.57. The maximum Gasteiger partial charge on any atom is 0.149 e. The van der Waals surface area contributed by atoms with Crippen molar-refractivity contribution in [3.8, 4) is 0 Å². The van der Waals surface area contributed by atoms with Crippen molar-refractivity contribution >= 4 is 33.0 Å². The SMILES string of the molecule is Fc1ccc(NCc2sccc2Br)c(F)c1. The van der Waals surface area contributed by atoms with Gasteiger partial charge in [0.1, 0.15) is 11.6 Å². The molecule has 84 valence electrons. The number of halogens is 3. The van der Waals surface area contributed by atoms with Gasteiger partial charge in [0.05, 0.1) is 12.2 Å². The van der Waals surface area contributed by atoms with Crippen LogP contribution in [0.2, 0.25) is 0 Å². The number of anilines is 1. The molecule has 16 heavy (non-hydrogen) atoms. The van der Waals surface area contributed by atoms with Gasteiger partial charge in [-0.2, -0.15) is 0 Å². The Labute approximate surface area is 104 Å². The number of thiophene rings is 1. The standard InChI is InChI=1S/C11H8BrF2NS/c12-8-3-4-16-11(8)6-15-10-2-1-7(13)5-9(10)14/h1-5,15H,6H2. The van der Waals surface area contributed by atoms with Crippen LogP contribution in [0.3, 0.4) is 0 Å². The van der Waals surface area contributed by atoms with Crippen LogP contribution in [0, 0.1) is 11.6 Å². The van der Waals surface area contributed by atoms with Crippen LogP contribution in [-0.2, 0) is 6.54 Å². The summed E-state index contributed by atoms with van der Waals surface area (Å²) >= 11 is 4.96. The van der Waals surface area contributed by atoms with Crippen LogP contribution < -0.4 is 5.32 Å². The Morgan fingerprint density at radius 3 is 2.69 bits per heavy atom. The van der Waals surface area contributed by atoms with Gasteiger partial charge in [-0.1, -0.05) is 0 Å². The number of hydrogen-bond donors (Lipinski definition) is 1. The summed E-state index contributed by atoms with van der Waals surface area (Å²) in [6.45, 7) is 0.515. The Morgan fingerprint density at radius 2 is 2.06 bits per heavy atom. The lowest BCUT2D eigenvalue weighted by atomic mass is 10.3. The molecular weight excluding hydrogens is 296 g/mol. The third kappa shape index (κ3) is 2.59. The smallest absolute Gasteiger partial charge is 0.149 e. The highest BCUT2D eigenvalue weighted by atomic mass is 79.9. The van der Waals surface area contributed by atoms with E-state index < -0.39 is 11.6 Å². The molecule has 2 aromatic rings. The molecule has 0 saturated carbocycles. The van der Waals surface area contributed by atoms with Gasteiger partial charge in [-0.05, 0) is 39.5 Å². The zero-order valence-corrected chi connectivity index (χ0v) is 10.5. The molecule has 0 unspecified atom stereocenters. The normalized spacial score (nSPS) is 10.4. The van der Waals surface area contributed by atoms with Crippen molar-refractivity contribution in [1.29, 1.82) is 0 Å². The topological polar surface area (TPSA) is 12.0 Å². The fourth-order valence-electron chi connectivity index (χ4n) is 1.26. The van der Waals surface area contributed by atoms with Gasteiger partial charge >= 0.3 is 0 Å². The highest BCUT2D eigenvalue weighted by Gasteiger charge is 2.05. The summed E-state index contributed by atoms with van der Waals surface area (Å²) in [5, 5.41) is 4.87. The van der Waals surface area contributed by atoms with Gasteiger partial charge in [0.15, 0.2) is 0 Å². The number of rotatable bonds is 3. The van der Waals surface area contributed by atoms with Gasteiger partial charge in [0, 0.05) is 15.4 Å². The minimum atomic E-state index is -0.576. The minimum Gasteiger partial charge on any atom is -0.378 e. The van der Waals surface area contributed by atoms with E-state index in [0.29, 0.717) is 12.2 Å². The summed E-state index contributed by atoms with van der Waals surface area (Å²) in [7, 11) is 0. The van der Waals surface area contributed by atoms with E-state index in [-0.39, 0.29) is 0 Å². The molecule has 0 radical (unpaired) electrons. The van der Waals surface area contributed by atoms with Crippen molar-refractivity contribution in [2.45, 2.75) is 6.54 Å². The van der Waals surface area contributed by atoms with Crippen molar-refractivity contribution in [3.05, 3.63) is 50.6 Å². The molecule has 1 aromatic carbocycles. The summed E-state index contributed by atoms with van der Waals surface area (Å²) in [4.78, 5) is 1.07. The van der Waals surface area contributed by atoms with Gasteiger partial charge in [-0.15, -0.1) is 11.3 Å². The van der Waals surface area contributed by atoms with Crippen molar-refractivity contribution in [2.24, 2.45) is 0 Å². The molecule has 1 aromatic heterocycles. The zero-order chi connectivity index (χ0) is 11.5. The fraction of sp³-hybridized carbons (Fsp3) is 0.0909. The predicted octanol–water partition coefficient (Wildman–Crippen LogP) is 4.40. The molecular formula is C11H8BrF2NS. The predicted molar refractivity (Wildman–Crippen MR) is 65.7 cm³/mol. The van der Waals surface area contributed by atoms with E-state index in [1.54, 1.807) is 11.3 Å². The molecule has 0 bridgehead atoms. The molecule has 0 saturated heterocycles. The van der Waals surface area contributed by atoms with Crippen LogP contribution in [-0.4, -0.2) is 0 Å². The summed E-state index contributed by atoms with van der Waals surface area (Å²) in [5.74, 6) is -1.15. The van der Waals surface area contributed by atoms with Gasteiger partial charge < -0.3 is 5.32 Å². The molecule has 0 aliphatic rings. The molecule has 0 spiro atoms. The largest absolute Gasteiger partial charge is 0.378 e. The highest BCUT2D eigenvalue weighted by Crippen LogP contribution is 2.24. The highest BCUT2D eigenvalue weighted by molar-refractivity contribution is 9.10. The molecule has 0 aliphatic carbocycles. The molecule has 2 rings (SSSR count). The zero-order valence-electron chi connectivity index (χ0n) is 8.14. The molecule has 1 heterocycles. The molecule has 0 amide bonds. The minimum absolute atomic E-state index is 0.307. The lowest BCUT2D eigenvalue weighted by molar-refractivity contribution is 0.585. The second kappa shape index (κ2) is 4.93. The van der Waals surface area contributed by atoms with E-state index >= 15 is 0 Å². The van der Waals surface area contributed by atoms with E-state index in [2.05, 4.69) is 21.2 Å². The third-order valence-corrected chi connectivity index (χ3v) is 3.99. The Bertz CT molecular complexity index is 498. The van der Waals surface area contributed by atoms with Crippen LogP contribution in [0.1, 0.15) is 4.88 Å². The van der Waals surface area contributed by atoms with Crippen LogP contribution in [0.4, 0.5) is 14.5 Å². The third-order valence-electron chi connectivity index (χ3n) is 2.06. The average Bonchev–Trinajstić information content (AvgIpc) is 2.63. The molecule has 1 nitrogen and oxygen atoms in total. The molecule has 0 atom stereocenters. The number of benzene rings is 1. The lowest BCUT2D eigenvalue weighted by Crippen LogP contribution is -2.00. The Kier molecular flexibility index (Phi) is 3.56. The summed E-state index contributed by atoms with van der Waals surface area (Å²) in [5.41, 5.74) is 0.307.